The SMILES string of the molecule is O=C1C(=O)N(CN2CCN(S(=O)(=O)N3CCCCCC3)CC2)c2ccccc21. The van der Waals surface area contributed by atoms with Gasteiger partial charge in [0.2, 0.25) is 0 Å². The molecule has 2 fully saturated rings. The van der Waals surface area contributed by atoms with Gasteiger partial charge in [0, 0.05) is 39.3 Å². The predicted molar refractivity (Wildman–Crippen MR) is 105 cm³/mol. The van der Waals surface area contributed by atoms with E-state index in [9.17, 15) is 18.0 Å². The standard InChI is InChI=1S/C19H26N4O4S/c24-18-16-7-3-4-8-17(16)23(19(18)25)15-20-11-13-22(14-12-20)28(26,27)21-9-5-1-2-6-10-21/h3-4,7-8H,1-2,5-6,9-15H2. The Labute approximate surface area is 165 Å². The molecule has 0 aliphatic carbocycles. The Balaban J connectivity index is 1.38. The minimum Gasteiger partial charge on any atom is -0.291 e. The van der Waals surface area contributed by atoms with Crippen LogP contribution in [0.1, 0.15) is 36.0 Å². The van der Waals surface area contributed by atoms with Gasteiger partial charge in [-0.3, -0.25) is 19.4 Å². The van der Waals surface area contributed by atoms with Crippen molar-refractivity contribution in [3.63, 3.8) is 0 Å². The molecule has 3 aliphatic rings. The van der Waals surface area contributed by atoms with Gasteiger partial charge in [-0.1, -0.05) is 25.0 Å². The molecular weight excluding hydrogens is 380 g/mol. The van der Waals surface area contributed by atoms with Crippen molar-refractivity contribution in [3.05, 3.63) is 29.8 Å². The van der Waals surface area contributed by atoms with Crippen molar-refractivity contribution in [2.24, 2.45) is 0 Å². The van der Waals surface area contributed by atoms with Crippen molar-refractivity contribution in [2.45, 2.75) is 25.7 Å². The van der Waals surface area contributed by atoms with Crippen LogP contribution in [0.15, 0.2) is 24.3 Å². The zero-order valence-electron chi connectivity index (χ0n) is 15.9. The van der Waals surface area contributed by atoms with Crippen LogP contribution in [-0.2, 0) is 15.0 Å². The van der Waals surface area contributed by atoms with Gasteiger partial charge in [0.25, 0.3) is 16.0 Å². The number of hydrogen-bond acceptors (Lipinski definition) is 5. The minimum absolute atomic E-state index is 0.305. The topological polar surface area (TPSA) is 81.2 Å². The Bertz CT molecular complexity index is 856. The number of anilines is 1. The fourth-order valence-electron chi connectivity index (χ4n) is 4.13. The third kappa shape index (κ3) is 3.59. The molecule has 1 aromatic carbocycles. The quantitative estimate of drug-likeness (QED) is 0.695. The monoisotopic (exact) mass is 406 g/mol. The third-order valence-electron chi connectivity index (χ3n) is 5.77. The molecule has 3 heterocycles. The molecule has 0 bridgehead atoms. The highest BCUT2D eigenvalue weighted by Crippen LogP contribution is 2.29. The molecule has 1 aromatic rings. The number of rotatable bonds is 4. The van der Waals surface area contributed by atoms with Crippen LogP contribution in [0.3, 0.4) is 0 Å². The maximum absolute atomic E-state index is 12.9. The van der Waals surface area contributed by atoms with Crippen LogP contribution >= 0.6 is 0 Å². The van der Waals surface area contributed by atoms with Crippen LogP contribution in [-0.4, -0.2) is 79.6 Å². The lowest BCUT2D eigenvalue weighted by Gasteiger charge is -2.37. The Hall–Kier alpha value is -1.81. The fourth-order valence-corrected chi connectivity index (χ4v) is 5.80. The summed E-state index contributed by atoms with van der Waals surface area (Å²) < 4.78 is 29.0. The van der Waals surface area contributed by atoms with Crippen molar-refractivity contribution < 1.29 is 18.0 Å². The molecule has 0 atom stereocenters. The summed E-state index contributed by atoms with van der Waals surface area (Å²) >= 11 is 0. The number of para-hydroxylation sites is 1. The zero-order chi connectivity index (χ0) is 19.7. The highest BCUT2D eigenvalue weighted by atomic mass is 32.2. The maximum Gasteiger partial charge on any atom is 0.300 e. The Morgan fingerprint density at radius 1 is 0.786 bits per heavy atom. The minimum atomic E-state index is -3.42. The molecule has 0 aromatic heterocycles. The van der Waals surface area contributed by atoms with Crippen molar-refractivity contribution in [1.82, 2.24) is 13.5 Å². The number of fused-ring (bicyclic) bond motifs is 1. The summed E-state index contributed by atoms with van der Waals surface area (Å²) in [5, 5.41) is 0. The van der Waals surface area contributed by atoms with Crippen LogP contribution in [0.25, 0.3) is 0 Å². The number of benzene rings is 1. The van der Waals surface area contributed by atoms with Gasteiger partial charge in [0.1, 0.15) is 0 Å². The van der Waals surface area contributed by atoms with Crippen LogP contribution in [0.2, 0.25) is 0 Å². The summed E-state index contributed by atoms with van der Waals surface area (Å²) in [7, 11) is -3.42. The molecule has 9 heteroatoms. The highest BCUT2D eigenvalue weighted by molar-refractivity contribution is 7.86. The summed E-state index contributed by atoms with van der Waals surface area (Å²) in [6.45, 7) is 3.37. The van der Waals surface area contributed by atoms with Crippen LogP contribution in [0.4, 0.5) is 5.69 Å². The van der Waals surface area contributed by atoms with Crippen molar-refractivity contribution >= 4 is 27.6 Å². The largest absolute Gasteiger partial charge is 0.300 e. The molecule has 0 spiro atoms. The van der Waals surface area contributed by atoms with E-state index in [0.29, 0.717) is 57.2 Å². The molecule has 8 nitrogen and oxygen atoms in total. The number of carbonyl (C=O) groups excluding carboxylic acids is 2. The first-order valence-corrected chi connectivity index (χ1v) is 11.3. The smallest absolute Gasteiger partial charge is 0.291 e. The Kier molecular flexibility index (Phi) is 5.50. The molecule has 2 saturated heterocycles. The summed E-state index contributed by atoms with van der Waals surface area (Å²) in [6.07, 6.45) is 4.01. The number of amides is 1. The van der Waals surface area contributed by atoms with Gasteiger partial charge in [-0.25, -0.2) is 0 Å². The fraction of sp³-hybridized carbons (Fsp3) is 0.579. The molecule has 1 amide bonds. The number of Topliss-reactive ketones (excluding diaryl/α,β-unsaturated/α-hetero) is 1. The average molecular weight is 407 g/mol. The van der Waals surface area contributed by atoms with Gasteiger partial charge in [-0.05, 0) is 25.0 Å². The molecule has 28 heavy (non-hydrogen) atoms. The zero-order valence-corrected chi connectivity index (χ0v) is 16.7. The van der Waals surface area contributed by atoms with Crippen molar-refractivity contribution in [2.75, 3.05) is 50.8 Å². The van der Waals surface area contributed by atoms with E-state index in [4.69, 9.17) is 0 Å². The van der Waals surface area contributed by atoms with Gasteiger partial charge in [0.05, 0.1) is 17.9 Å². The second-order valence-electron chi connectivity index (χ2n) is 7.56. The van der Waals surface area contributed by atoms with Gasteiger partial charge in [-0.15, -0.1) is 0 Å². The lowest BCUT2D eigenvalue weighted by Crippen LogP contribution is -2.55. The summed E-state index contributed by atoms with van der Waals surface area (Å²) in [5.74, 6) is -0.987. The van der Waals surface area contributed by atoms with Crippen LogP contribution < -0.4 is 4.90 Å². The number of ketones is 1. The van der Waals surface area contributed by atoms with Crippen LogP contribution in [0.5, 0.6) is 0 Å². The van der Waals surface area contributed by atoms with Crippen LogP contribution in [0, 0.1) is 0 Å². The van der Waals surface area contributed by atoms with E-state index in [2.05, 4.69) is 0 Å². The summed E-state index contributed by atoms with van der Waals surface area (Å²) in [4.78, 5) is 28.0. The molecule has 0 unspecified atom stereocenters. The molecular formula is C19H26N4O4S. The van der Waals surface area contributed by atoms with Gasteiger partial charge < -0.3 is 0 Å². The Morgan fingerprint density at radius 2 is 1.39 bits per heavy atom. The first-order valence-electron chi connectivity index (χ1n) is 9.91. The molecule has 0 radical (unpaired) electrons. The number of carbonyl (C=O) groups is 2. The molecule has 4 rings (SSSR count). The average Bonchev–Trinajstić information content (AvgIpc) is 2.92. The second-order valence-corrected chi connectivity index (χ2v) is 9.49. The van der Waals surface area contributed by atoms with Gasteiger partial charge in [-0.2, -0.15) is 17.0 Å². The number of hydrogen-bond donors (Lipinski definition) is 0. The van der Waals surface area contributed by atoms with Crippen molar-refractivity contribution in [1.29, 1.82) is 0 Å². The first-order chi connectivity index (χ1) is 13.5. The van der Waals surface area contributed by atoms with E-state index in [1.165, 1.54) is 4.90 Å². The predicted octanol–water partition coefficient (Wildman–Crippen LogP) is 0.912. The summed E-state index contributed by atoms with van der Waals surface area (Å²) in [5.41, 5.74) is 1.08. The normalized spacial score (nSPS) is 23.1. The molecule has 0 saturated carbocycles. The third-order valence-corrected chi connectivity index (χ3v) is 7.80. The maximum atomic E-state index is 12.9. The lowest BCUT2D eigenvalue weighted by atomic mass is 10.1. The van der Waals surface area contributed by atoms with Gasteiger partial charge in [0.15, 0.2) is 0 Å². The van der Waals surface area contributed by atoms with E-state index in [-0.39, 0.29) is 0 Å². The van der Waals surface area contributed by atoms with Crippen molar-refractivity contribution in [3.8, 4) is 0 Å². The van der Waals surface area contributed by atoms with E-state index in [1.54, 1.807) is 26.8 Å². The Morgan fingerprint density at radius 3 is 2.07 bits per heavy atom. The van der Waals surface area contributed by atoms with E-state index in [1.807, 2.05) is 11.0 Å². The van der Waals surface area contributed by atoms with E-state index in [0.717, 1.165) is 25.7 Å². The van der Waals surface area contributed by atoms with E-state index >= 15 is 0 Å². The number of nitrogens with zero attached hydrogens (tertiary/aromatic N) is 4. The highest BCUT2D eigenvalue weighted by Gasteiger charge is 2.38. The lowest BCUT2D eigenvalue weighted by molar-refractivity contribution is -0.114. The van der Waals surface area contributed by atoms with Gasteiger partial charge >= 0.3 is 5.91 Å². The molecule has 3 aliphatic heterocycles. The van der Waals surface area contributed by atoms with E-state index < -0.39 is 21.9 Å². The summed E-state index contributed by atoms with van der Waals surface area (Å²) in [6, 6.07) is 7.00. The first kappa shape index (κ1) is 19.5. The number of piperazine rings is 1. The molecule has 152 valence electrons. The second kappa shape index (κ2) is 7.90. The molecule has 0 N–H and O–H groups in total.